The summed E-state index contributed by atoms with van der Waals surface area (Å²) in [6.07, 6.45) is 0. The first-order chi connectivity index (χ1) is 5.33. The molecule has 0 radical (unpaired) electrons. The standard InChI is InChI=1S/C10H14O.U/c1-3-11-8-10-6-4-5-9(2)7-10;/h4-7H,3,8H2,1-2H3;. The number of aryl methyl sites for hydroxylation is 1. The molecule has 0 unspecified atom stereocenters. The molecule has 64 valence electrons. The van der Waals surface area contributed by atoms with Gasteiger partial charge in [0.2, 0.25) is 0 Å². The molecule has 0 aliphatic heterocycles. The van der Waals surface area contributed by atoms with Crippen LogP contribution in [0.5, 0.6) is 0 Å². The van der Waals surface area contributed by atoms with Gasteiger partial charge < -0.3 is 4.74 Å². The van der Waals surface area contributed by atoms with Crippen LogP contribution in [0.2, 0.25) is 0 Å². The van der Waals surface area contributed by atoms with E-state index in [9.17, 15) is 0 Å². The van der Waals surface area contributed by atoms with Crippen LogP contribution in [0.25, 0.3) is 0 Å². The SMILES string of the molecule is CCOCc1cccc(C)c1.[U]. The van der Waals surface area contributed by atoms with Crippen LogP contribution < -0.4 is 0 Å². The summed E-state index contributed by atoms with van der Waals surface area (Å²) in [4.78, 5) is 0. The molecular formula is C10H14OU. The maximum absolute atomic E-state index is 5.27. The van der Waals surface area contributed by atoms with E-state index in [-0.39, 0.29) is 31.1 Å². The summed E-state index contributed by atoms with van der Waals surface area (Å²) in [6.45, 7) is 5.62. The number of hydrogen-bond acceptors (Lipinski definition) is 1. The molecular weight excluding hydrogens is 374 g/mol. The van der Waals surface area contributed by atoms with E-state index in [1.54, 1.807) is 0 Å². The first-order valence-corrected chi connectivity index (χ1v) is 3.96. The van der Waals surface area contributed by atoms with E-state index >= 15 is 0 Å². The van der Waals surface area contributed by atoms with Crippen molar-refractivity contribution >= 4 is 0 Å². The Morgan fingerprint density at radius 2 is 2.08 bits per heavy atom. The van der Waals surface area contributed by atoms with E-state index < -0.39 is 0 Å². The first-order valence-electron chi connectivity index (χ1n) is 3.96. The van der Waals surface area contributed by atoms with Crippen molar-refractivity contribution in [1.29, 1.82) is 0 Å². The smallest absolute Gasteiger partial charge is 0.0716 e. The molecule has 0 N–H and O–H groups in total. The quantitative estimate of drug-likeness (QED) is 0.774. The van der Waals surface area contributed by atoms with Gasteiger partial charge in [-0.3, -0.25) is 0 Å². The molecule has 0 amide bonds. The van der Waals surface area contributed by atoms with Gasteiger partial charge in [-0.05, 0) is 19.4 Å². The molecule has 12 heavy (non-hydrogen) atoms. The van der Waals surface area contributed by atoms with Crippen LogP contribution in [-0.2, 0) is 11.3 Å². The minimum atomic E-state index is 0. The van der Waals surface area contributed by atoms with Crippen molar-refractivity contribution < 1.29 is 35.9 Å². The maximum Gasteiger partial charge on any atom is 0.0716 e. The number of hydrogen-bond donors (Lipinski definition) is 0. The van der Waals surface area contributed by atoms with Crippen LogP contribution >= 0.6 is 0 Å². The van der Waals surface area contributed by atoms with Gasteiger partial charge in [-0.15, -0.1) is 0 Å². The molecule has 0 aliphatic rings. The van der Waals surface area contributed by atoms with Gasteiger partial charge in [-0.2, -0.15) is 0 Å². The molecule has 0 heterocycles. The van der Waals surface area contributed by atoms with E-state index in [1.165, 1.54) is 11.1 Å². The van der Waals surface area contributed by atoms with Gasteiger partial charge in [0, 0.05) is 37.7 Å². The Morgan fingerprint density at radius 3 is 2.67 bits per heavy atom. The molecule has 0 saturated carbocycles. The van der Waals surface area contributed by atoms with Gasteiger partial charge in [0.1, 0.15) is 0 Å². The molecule has 0 aromatic heterocycles. The van der Waals surface area contributed by atoms with E-state index in [2.05, 4.69) is 31.2 Å². The second-order valence-corrected chi connectivity index (χ2v) is 2.63. The average molecular weight is 388 g/mol. The Morgan fingerprint density at radius 1 is 1.33 bits per heavy atom. The average Bonchev–Trinajstić information content (AvgIpc) is 2.01. The van der Waals surface area contributed by atoms with Crippen LogP contribution in [0, 0.1) is 38.0 Å². The van der Waals surface area contributed by atoms with Crippen molar-refractivity contribution in [3.05, 3.63) is 35.4 Å². The van der Waals surface area contributed by atoms with Crippen molar-refractivity contribution in [2.24, 2.45) is 0 Å². The third-order valence-electron chi connectivity index (χ3n) is 1.56. The summed E-state index contributed by atoms with van der Waals surface area (Å²) in [5.41, 5.74) is 2.55. The van der Waals surface area contributed by atoms with Gasteiger partial charge in [0.15, 0.2) is 0 Å². The van der Waals surface area contributed by atoms with Crippen LogP contribution in [0.3, 0.4) is 0 Å². The zero-order valence-electron chi connectivity index (χ0n) is 7.63. The summed E-state index contributed by atoms with van der Waals surface area (Å²) in [5, 5.41) is 0. The Kier molecular flexibility index (Phi) is 6.85. The zero-order chi connectivity index (χ0) is 8.10. The van der Waals surface area contributed by atoms with Crippen LogP contribution in [-0.4, -0.2) is 6.61 Å². The van der Waals surface area contributed by atoms with Crippen molar-refractivity contribution in [1.82, 2.24) is 0 Å². The van der Waals surface area contributed by atoms with E-state index in [4.69, 9.17) is 4.74 Å². The van der Waals surface area contributed by atoms with Crippen molar-refractivity contribution in [3.63, 3.8) is 0 Å². The van der Waals surface area contributed by atoms with Crippen molar-refractivity contribution in [2.75, 3.05) is 6.61 Å². The van der Waals surface area contributed by atoms with E-state index in [0.717, 1.165) is 13.2 Å². The zero-order valence-corrected chi connectivity index (χ0v) is 11.8. The fourth-order valence-corrected chi connectivity index (χ4v) is 1.02. The molecule has 0 aliphatic carbocycles. The Labute approximate surface area is 97.9 Å². The summed E-state index contributed by atoms with van der Waals surface area (Å²) in [7, 11) is 0. The Bertz CT molecular complexity index is 223. The van der Waals surface area contributed by atoms with Crippen LogP contribution in [0.1, 0.15) is 18.1 Å². The fourth-order valence-electron chi connectivity index (χ4n) is 1.02. The second-order valence-electron chi connectivity index (χ2n) is 2.63. The monoisotopic (exact) mass is 388 g/mol. The third kappa shape index (κ3) is 4.31. The second kappa shape index (κ2) is 6.72. The predicted octanol–water partition coefficient (Wildman–Crippen LogP) is 2.53. The topological polar surface area (TPSA) is 9.23 Å². The van der Waals surface area contributed by atoms with Gasteiger partial charge >= 0.3 is 0 Å². The minimum Gasteiger partial charge on any atom is -0.377 e. The molecule has 1 aromatic rings. The molecule has 0 saturated heterocycles. The summed E-state index contributed by atoms with van der Waals surface area (Å²) in [6, 6.07) is 8.39. The molecule has 0 spiro atoms. The number of rotatable bonds is 3. The van der Waals surface area contributed by atoms with Gasteiger partial charge in [-0.1, -0.05) is 29.8 Å². The van der Waals surface area contributed by atoms with Crippen molar-refractivity contribution in [3.8, 4) is 0 Å². The normalized spacial score (nSPS) is 9.17. The van der Waals surface area contributed by atoms with Crippen LogP contribution in [0.15, 0.2) is 24.3 Å². The largest absolute Gasteiger partial charge is 0.377 e. The van der Waals surface area contributed by atoms with Gasteiger partial charge in [-0.25, -0.2) is 0 Å². The summed E-state index contributed by atoms with van der Waals surface area (Å²) in [5.74, 6) is 0. The molecule has 0 atom stereocenters. The van der Waals surface area contributed by atoms with E-state index in [0.29, 0.717) is 0 Å². The molecule has 1 rings (SSSR count). The number of benzene rings is 1. The van der Waals surface area contributed by atoms with E-state index in [1.807, 2.05) is 6.92 Å². The first kappa shape index (κ1) is 12.2. The summed E-state index contributed by atoms with van der Waals surface area (Å²) >= 11 is 0. The fraction of sp³-hybridized carbons (Fsp3) is 0.400. The van der Waals surface area contributed by atoms with Gasteiger partial charge in [0.25, 0.3) is 0 Å². The minimum absolute atomic E-state index is 0. The third-order valence-corrected chi connectivity index (χ3v) is 1.56. The van der Waals surface area contributed by atoms with Crippen LogP contribution in [0.4, 0.5) is 0 Å². The van der Waals surface area contributed by atoms with Gasteiger partial charge in [0.05, 0.1) is 6.61 Å². The molecule has 2 heteroatoms. The predicted molar refractivity (Wildman–Crippen MR) is 46.5 cm³/mol. The molecule has 0 bridgehead atoms. The summed E-state index contributed by atoms with van der Waals surface area (Å²) < 4.78 is 5.27. The Hall–Kier alpha value is 0.232. The molecule has 1 aromatic carbocycles. The number of ether oxygens (including phenoxy) is 1. The molecule has 1 nitrogen and oxygen atoms in total. The van der Waals surface area contributed by atoms with Crippen molar-refractivity contribution in [2.45, 2.75) is 20.5 Å². The Balaban J connectivity index is 0.00000121. The molecule has 0 fully saturated rings. The maximum atomic E-state index is 5.27.